The fraction of sp³-hybridized carbons (Fsp3) is 0.304. The number of hydrogen-bond donors (Lipinski definition) is 1. The lowest BCUT2D eigenvalue weighted by molar-refractivity contribution is -0.142. The molecule has 0 spiro atoms. The zero-order chi connectivity index (χ0) is 23.1. The lowest BCUT2D eigenvalue weighted by Gasteiger charge is -2.11. The molecule has 0 radical (unpaired) electrons. The highest BCUT2D eigenvalue weighted by molar-refractivity contribution is 7.99. The number of esters is 1. The molecular formula is C23H26N4O4S. The fourth-order valence-corrected chi connectivity index (χ4v) is 3.63. The number of carbonyl (C=O) groups is 2. The Hall–Kier alpha value is -3.33. The van der Waals surface area contributed by atoms with Crippen molar-refractivity contribution in [1.82, 2.24) is 14.8 Å². The van der Waals surface area contributed by atoms with Gasteiger partial charge in [0.05, 0.1) is 12.9 Å². The number of nitrogens with zero attached hydrogens (tertiary/aromatic N) is 3. The van der Waals surface area contributed by atoms with Gasteiger partial charge in [0.25, 0.3) is 0 Å². The summed E-state index contributed by atoms with van der Waals surface area (Å²) in [5.41, 5.74) is 3.69. The third-order valence-electron chi connectivity index (χ3n) is 4.74. The van der Waals surface area contributed by atoms with Crippen LogP contribution in [0.2, 0.25) is 0 Å². The maximum atomic E-state index is 12.5. The number of methoxy groups -OCH3 is 1. The van der Waals surface area contributed by atoms with E-state index in [2.05, 4.69) is 46.2 Å². The highest BCUT2D eigenvalue weighted by Gasteiger charge is 2.12. The molecule has 1 N–H and O–H groups in total. The molecule has 0 unspecified atom stereocenters. The molecule has 0 aliphatic rings. The van der Waals surface area contributed by atoms with Crippen molar-refractivity contribution in [3.8, 4) is 11.4 Å². The Bertz CT molecular complexity index is 1080. The largest absolute Gasteiger partial charge is 0.482 e. The second-order valence-electron chi connectivity index (χ2n) is 7.41. The first-order valence-electron chi connectivity index (χ1n) is 10.1. The second-order valence-corrected chi connectivity index (χ2v) is 8.35. The van der Waals surface area contributed by atoms with Crippen molar-refractivity contribution in [1.29, 1.82) is 0 Å². The molecule has 8 nitrogen and oxygen atoms in total. The van der Waals surface area contributed by atoms with Crippen molar-refractivity contribution >= 4 is 29.3 Å². The van der Waals surface area contributed by atoms with E-state index in [9.17, 15) is 9.59 Å². The molecule has 168 valence electrons. The first-order chi connectivity index (χ1) is 15.4. The normalized spacial score (nSPS) is 10.8. The summed E-state index contributed by atoms with van der Waals surface area (Å²) in [5.74, 6) is 0.547. The topological polar surface area (TPSA) is 95.3 Å². The molecule has 0 bridgehead atoms. The minimum atomic E-state index is -0.458. The molecule has 1 heterocycles. The van der Waals surface area contributed by atoms with E-state index in [4.69, 9.17) is 4.74 Å². The number of thioether (sulfide) groups is 1. The van der Waals surface area contributed by atoms with Crippen LogP contribution in [0.15, 0.2) is 53.9 Å². The van der Waals surface area contributed by atoms with Crippen LogP contribution in [0, 0.1) is 6.92 Å². The van der Waals surface area contributed by atoms with E-state index in [1.807, 2.05) is 23.6 Å². The number of nitrogens with one attached hydrogen (secondary N) is 1. The highest BCUT2D eigenvalue weighted by Crippen LogP contribution is 2.24. The maximum absolute atomic E-state index is 12.5. The molecule has 0 fully saturated rings. The first kappa shape index (κ1) is 23.3. The van der Waals surface area contributed by atoms with Crippen molar-refractivity contribution < 1.29 is 19.1 Å². The summed E-state index contributed by atoms with van der Waals surface area (Å²) in [7, 11) is 1.30. The Balaban J connectivity index is 1.58. The molecule has 2 aromatic carbocycles. The maximum Gasteiger partial charge on any atom is 0.343 e. The van der Waals surface area contributed by atoms with Crippen LogP contribution in [-0.4, -0.2) is 46.1 Å². The smallest absolute Gasteiger partial charge is 0.343 e. The summed E-state index contributed by atoms with van der Waals surface area (Å²) >= 11 is 1.31. The van der Waals surface area contributed by atoms with Gasteiger partial charge in [-0.3, -0.25) is 9.36 Å². The minimum Gasteiger partial charge on any atom is -0.482 e. The van der Waals surface area contributed by atoms with E-state index in [1.165, 1.54) is 24.4 Å². The van der Waals surface area contributed by atoms with Gasteiger partial charge in [0.2, 0.25) is 5.91 Å². The average molecular weight is 455 g/mol. The molecule has 32 heavy (non-hydrogen) atoms. The quantitative estimate of drug-likeness (QED) is 0.386. The van der Waals surface area contributed by atoms with Gasteiger partial charge in [0.1, 0.15) is 12.1 Å². The van der Waals surface area contributed by atoms with Gasteiger partial charge in [-0.25, -0.2) is 4.79 Å². The van der Waals surface area contributed by atoms with Crippen LogP contribution >= 0.6 is 11.8 Å². The van der Waals surface area contributed by atoms with Crippen molar-refractivity contribution in [2.24, 2.45) is 0 Å². The number of anilines is 1. The Morgan fingerprint density at radius 2 is 1.91 bits per heavy atom. The summed E-state index contributed by atoms with van der Waals surface area (Å²) in [6.07, 6.45) is 1.64. The number of ether oxygens (including phenoxy) is 2. The van der Waals surface area contributed by atoms with Crippen LogP contribution in [0.5, 0.6) is 5.75 Å². The van der Waals surface area contributed by atoms with Gasteiger partial charge in [-0.15, -0.1) is 10.2 Å². The lowest BCUT2D eigenvalue weighted by atomic mass is 10.0. The van der Waals surface area contributed by atoms with Crippen LogP contribution in [-0.2, 0) is 14.3 Å². The van der Waals surface area contributed by atoms with E-state index in [-0.39, 0.29) is 18.3 Å². The summed E-state index contributed by atoms with van der Waals surface area (Å²) in [4.78, 5) is 23.7. The molecule has 1 aromatic heterocycles. The number of aryl methyl sites for hydroxylation is 1. The molecule has 0 saturated carbocycles. The Morgan fingerprint density at radius 1 is 1.16 bits per heavy atom. The summed E-state index contributed by atoms with van der Waals surface area (Å²) in [5, 5.41) is 11.7. The van der Waals surface area contributed by atoms with Crippen LogP contribution in [0.25, 0.3) is 5.69 Å². The second kappa shape index (κ2) is 10.8. The summed E-state index contributed by atoms with van der Waals surface area (Å²) < 4.78 is 11.8. The van der Waals surface area contributed by atoms with Crippen molar-refractivity contribution in [3.63, 3.8) is 0 Å². The standard InChI is InChI=1S/C23H26N4O4S/c1-15(2)17-5-7-18(8-6-17)27-14-24-26-23(27)32-13-21(28)25-20-10-9-19(11-16(20)3)31-12-22(29)30-4/h5-11,14-15H,12-13H2,1-4H3,(H,25,28). The number of hydrogen-bond acceptors (Lipinski definition) is 7. The number of carbonyl (C=O) groups excluding carboxylic acids is 2. The van der Waals surface area contributed by atoms with Gasteiger partial charge < -0.3 is 14.8 Å². The molecule has 0 aliphatic heterocycles. The van der Waals surface area contributed by atoms with E-state index in [0.717, 1.165) is 11.3 Å². The third kappa shape index (κ3) is 6.10. The molecule has 1 amide bonds. The van der Waals surface area contributed by atoms with E-state index in [0.29, 0.717) is 22.5 Å². The van der Waals surface area contributed by atoms with Gasteiger partial charge in [-0.2, -0.15) is 0 Å². The molecule has 9 heteroatoms. The molecule has 0 saturated heterocycles. The predicted octanol–water partition coefficient (Wildman–Crippen LogP) is 3.98. The SMILES string of the molecule is COC(=O)COc1ccc(NC(=O)CSc2nncn2-c2ccc(C(C)C)cc2)c(C)c1. The van der Waals surface area contributed by atoms with Crippen molar-refractivity contribution in [3.05, 3.63) is 59.9 Å². The Labute approximate surface area is 191 Å². The monoisotopic (exact) mass is 454 g/mol. The van der Waals surface area contributed by atoms with Gasteiger partial charge in [0.15, 0.2) is 11.8 Å². The van der Waals surface area contributed by atoms with Crippen LogP contribution in [0.1, 0.15) is 30.9 Å². The van der Waals surface area contributed by atoms with E-state index in [1.54, 1.807) is 24.5 Å². The zero-order valence-electron chi connectivity index (χ0n) is 18.5. The number of rotatable bonds is 9. The Kier molecular flexibility index (Phi) is 7.88. The molecular weight excluding hydrogens is 428 g/mol. The fourth-order valence-electron chi connectivity index (χ4n) is 2.90. The zero-order valence-corrected chi connectivity index (χ0v) is 19.3. The third-order valence-corrected chi connectivity index (χ3v) is 5.69. The van der Waals surface area contributed by atoms with Crippen molar-refractivity contribution in [2.75, 3.05) is 24.8 Å². The number of benzene rings is 2. The molecule has 3 rings (SSSR count). The summed E-state index contributed by atoms with van der Waals surface area (Å²) in [6, 6.07) is 13.4. The number of amides is 1. The average Bonchev–Trinajstić information content (AvgIpc) is 3.26. The van der Waals surface area contributed by atoms with Gasteiger partial charge >= 0.3 is 5.97 Å². The van der Waals surface area contributed by atoms with E-state index < -0.39 is 5.97 Å². The molecule has 0 atom stereocenters. The highest BCUT2D eigenvalue weighted by atomic mass is 32.2. The Morgan fingerprint density at radius 3 is 2.56 bits per heavy atom. The van der Waals surface area contributed by atoms with Gasteiger partial charge in [-0.05, 0) is 54.3 Å². The van der Waals surface area contributed by atoms with Gasteiger partial charge in [-0.1, -0.05) is 37.7 Å². The first-order valence-corrected chi connectivity index (χ1v) is 11.1. The predicted molar refractivity (Wildman–Crippen MR) is 123 cm³/mol. The summed E-state index contributed by atoms with van der Waals surface area (Å²) in [6.45, 7) is 5.99. The van der Waals surface area contributed by atoms with Crippen molar-refractivity contribution in [2.45, 2.75) is 31.8 Å². The van der Waals surface area contributed by atoms with E-state index >= 15 is 0 Å². The van der Waals surface area contributed by atoms with Crippen LogP contribution in [0.3, 0.4) is 0 Å². The van der Waals surface area contributed by atoms with Gasteiger partial charge in [0, 0.05) is 11.4 Å². The number of aromatic nitrogens is 3. The lowest BCUT2D eigenvalue weighted by Crippen LogP contribution is -2.16. The molecule has 3 aromatic rings. The minimum absolute atomic E-state index is 0.161. The van der Waals surface area contributed by atoms with Crippen LogP contribution < -0.4 is 10.1 Å². The molecule has 0 aliphatic carbocycles. The van der Waals surface area contributed by atoms with Crippen LogP contribution in [0.4, 0.5) is 5.69 Å².